The number of para-hydroxylation sites is 1. The minimum absolute atomic E-state index is 0.183. The molecule has 0 radical (unpaired) electrons. The summed E-state index contributed by atoms with van der Waals surface area (Å²) in [5.74, 6) is 2.66. The normalized spacial score (nSPS) is 23.6. The van der Waals surface area contributed by atoms with Gasteiger partial charge in [-0.15, -0.1) is 10.2 Å². The van der Waals surface area contributed by atoms with Crippen molar-refractivity contribution in [1.29, 1.82) is 0 Å². The molecule has 0 amide bonds. The highest BCUT2D eigenvalue weighted by Crippen LogP contribution is 2.38. The van der Waals surface area contributed by atoms with Crippen LogP contribution in [0.3, 0.4) is 0 Å². The summed E-state index contributed by atoms with van der Waals surface area (Å²) in [6.07, 6.45) is 2.85. The number of nitrogens with zero attached hydrogens (tertiary/aromatic N) is 4. The van der Waals surface area contributed by atoms with Gasteiger partial charge in [0.15, 0.2) is 11.5 Å². The van der Waals surface area contributed by atoms with E-state index in [0.29, 0.717) is 13.2 Å². The first kappa shape index (κ1) is 15.4. The fraction of sp³-hybridized carbons (Fsp3) is 0.529. The molecule has 0 saturated carbocycles. The summed E-state index contributed by atoms with van der Waals surface area (Å²) in [6, 6.07) is 6.26. The maximum absolute atomic E-state index is 5.85. The van der Waals surface area contributed by atoms with Gasteiger partial charge in [-0.3, -0.25) is 4.90 Å². The third-order valence-electron chi connectivity index (χ3n) is 4.76. The Morgan fingerprint density at radius 2 is 2.17 bits per heavy atom. The number of hydrogen-bond donors (Lipinski definition) is 0. The predicted molar refractivity (Wildman–Crippen MR) is 87.0 cm³/mol. The van der Waals surface area contributed by atoms with E-state index in [2.05, 4.69) is 21.2 Å². The van der Waals surface area contributed by atoms with Gasteiger partial charge in [-0.1, -0.05) is 12.1 Å². The Morgan fingerprint density at radius 3 is 2.96 bits per heavy atom. The average Bonchev–Trinajstić information content (AvgIpc) is 3.21. The smallest absolute Gasteiger partial charge is 0.165 e. The summed E-state index contributed by atoms with van der Waals surface area (Å²) in [6.45, 7) is 2.83. The summed E-state index contributed by atoms with van der Waals surface area (Å²) in [5.41, 5.74) is 1.14. The van der Waals surface area contributed by atoms with Crippen molar-refractivity contribution in [3.63, 3.8) is 0 Å². The molecule has 0 bridgehead atoms. The van der Waals surface area contributed by atoms with Gasteiger partial charge >= 0.3 is 0 Å². The molecule has 0 aliphatic carbocycles. The number of benzene rings is 1. The minimum atomic E-state index is 0.183. The van der Waals surface area contributed by atoms with E-state index in [1.54, 1.807) is 13.4 Å². The number of aryl methyl sites for hydroxylation is 1. The zero-order valence-corrected chi connectivity index (χ0v) is 14.0. The number of likely N-dealkylation sites (tertiary alicyclic amines) is 1. The Morgan fingerprint density at radius 1 is 1.29 bits per heavy atom. The van der Waals surface area contributed by atoms with E-state index < -0.39 is 0 Å². The standard InChI is InChI=1S/C17H22N4O3/c1-20-11-18-19-17(20)14-8-13(22-2)10-21(14)9-12-4-3-5-15-16(12)24-7-6-23-15/h3-5,11,13-14H,6-10H2,1-2H3/t13-,14+/m1/s1. The van der Waals surface area contributed by atoms with Gasteiger partial charge in [0, 0.05) is 32.8 Å². The number of rotatable bonds is 4. The van der Waals surface area contributed by atoms with Crippen molar-refractivity contribution in [2.24, 2.45) is 7.05 Å². The second-order valence-corrected chi connectivity index (χ2v) is 6.28. The first-order valence-electron chi connectivity index (χ1n) is 8.24. The Balaban J connectivity index is 1.61. The van der Waals surface area contributed by atoms with Crippen LogP contribution in [0.4, 0.5) is 0 Å². The summed E-state index contributed by atoms with van der Waals surface area (Å²) < 4.78 is 19.1. The van der Waals surface area contributed by atoms with Crippen molar-refractivity contribution in [2.45, 2.75) is 25.1 Å². The van der Waals surface area contributed by atoms with E-state index in [0.717, 1.165) is 42.4 Å². The van der Waals surface area contributed by atoms with Crippen molar-refractivity contribution in [3.8, 4) is 11.5 Å². The molecule has 2 atom stereocenters. The molecule has 1 saturated heterocycles. The third kappa shape index (κ3) is 2.74. The summed E-state index contributed by atoms with van der Waals surface area (Å²) >= 11 is 0. The van der Waals surface area contributed by atoms with E-state index in [-0.39, 0.29) is 12.1 Å². The molecule has 0 N–H and O–H groups in total. The molecule has 2 aromatic rings. The molecular formula is C17H22N4O3. The van der Waals surface area contributed by atoms with Crippen LogP contribution in [0.15, 0.2) is 24.5 Å². The SMILES string of the molecule is CO[C@@H]1C[C@@H](c2nncn2C)N(Cc2cccc3c2OCCO3)C1. The van der Waals surface area contributed by atoms with Crippen molar-refractivity contribution in [3.05, 3.63) is 35.9 Å². The summed E-state index contributed by atoms with van der Waals surface area (Å²) in [7, 11) is 3.75. The fourth-order valence-electron chi connectivity index (χ4n) is 3.55. The quantitative estimate of drug-likeness (QED) is 0.848. The highest BCUT2D eigenvalue weighted by molar-refractivity contribution is 5.47. The topological polar surface area (TPSA) is 61.6 Å². The monoisotopic (exact) mass is 330 g/mol. The lowest BCUT2D eigenvalue weighted by Gasteiger charge is -2.26. The molecule has 7 nitrogen and oxygen atoms in total. The second-order valence-electron chi connectivity index (χ2n) is 6.28. The lowest BCUT2D eigenvalue weighted by Crippen LogP contribution is -2.27. The predicted octanol–water partition coefficient (Wildman–Crippen LogP) is 1.55. The Kier molecular flexibility index (Phi) is 4.12. The molecule has 3 heterocycles. The van der Waals surface area contributed by atoms with E-state index in [1.807, 2.05) is 23.7 Å². The highest BCUT2D eigenvalue weighted by Gasteiger charge is 2.36. The van der Waals surface area contributed by atoms with Crippen molar-refractivity contribution in [2.75, 3.05) is 26.9 Å². The zero-order valence-electron chi connectivity index (χ0n) is 14.0. The van der Waals surface area contributed by atoms with Gasteiger partial charge in [0.2, 0.25) is 0 Å². The molecule has 1 aromatic carbocycles. The Bertz CT molecular complexity index is 718. The van der Waals surface area contributed by atoms with Gasteiger partial charge in [-0.25, -0.2) is 0 Å². The first-order valence-corrected chi connectivity index (χ1v) is 8.24. The summed E-state index contributed by atoms with van der Waals surface area (Å²) in [5, 5.41) is 8.34. The van der Waals surface area contributed by atoms with Crippen molar-refractivity contribution in [1.82, 2.24) is 19.7 Å². The molecule has 24 heavy (non-hydrogen) atoms. The molecule has 0 unspecified atom stereocenters. The average molecular weight is 330 g/mol. The molecule has 4 rings (SSSR count). The van der Waals surface area contributed by atoms with Crippen LogP contribution in [-0.4, -0.2) is 52.6 Å². The van der Waals surface area contributed by atoms with Gasteiger partial charge in [0.1, 0.15) is 25.4 Å². The van der Waals surface area contributed by atoms with Crippen molar-refractivity contribution >= 4 is 0 Å². The third-order valence-corrected chi connectivity index (χ3v) is 4.76. The second kappa shape index (κ2) is 6.41. The van der Waals surface area contributed by atoms with Gasteiger partial charge in [-0.05, 0) is 12.5 Å². The Hall–Kier alpha value is -2.12. The van der Waals surface area contributed by atoms with Crippen molar-refractivity contribution < 1.29 is 14.2 Å². The molecule has 7 heteroatoms. The van der Waals surface area contributed by atoms with Gasteiger partial charge in [0.05, 0.1) is 12.1 Å². The molecule has 2 aliphatic heterocycles. The summed E-state index contributed by atoms with van der Waals surface area (Å²) in [4.78, 5) is 2.38. The van der Waals surface area contributed by atoms with E-state index >= 15 is 0 Å². The van der Waals surface area contributed by atoms with Crippen LogP contribution in [-0.2, 0) is 18.3 Å². The first-order chi connectivity index (χ1) is 11.8. The maximum atomic E-state index is 5.85. The lowest BCUT2D eigenvalue weighted by molar-refractivity contribution is 0.106. The molecule has 1 aromatic heterocycles. The van der Waals surface area contributed by atoms with Crippen LogP contribution in [0.25, 0.3) is 0 Å². The molecule has 128 valence electrons. The van der Waals surface area contributed by atoms with E-state index in [9.17, 15) is 0 Å². The largest absolute Gasteiger partial charge is 0.486 e. The van der Waals surface area contributed by atoms with Gasteiger partial charge in [-0.2, -0.15) is 0 Å². The molecule has 2 aliphatic rings. The van der Waals surface area contributed by atoms with Crippen LogP contribution in [0.2, 0.25) is 0 Å². The number of methoxy groups -OCH3 is 1. The Labute approximate surface area is 141 Å². The molecular weight excluding hydrogens is 308 g/mol. The van der Waals surface area contributed by atoms with Crippen LogP contribution in [0, 0.1) is 0 Å². The van der Waals surface area contributed by atoms with Gasteiger partial charge < -0.3 is 18.8 Å². The van der Waals surface area contributed by atoms with E-state index in [1.165, 1.54) is 0 Å². The van der Waals surface area contributed by atoms with Crippen LogP contribution in [0.5, 0.6) is 11.5 Å². The number of aromatic nitrogens is 3. The molecule has 1 fully saturated rings. The maximum Gasteiger partial charge on any atom is 0.165 e. The van der Waals surface area contributed by atoms with Crippen LogP contribution < -0.4 is 9.47 Å². The fourth-order valence-corrected chi connectivity index (χ4v) is 3.55. The van der Waals surface area contributed by atoms with E-state index in [4.69, 9.17) is 14.2 Å². The lowest BCUT2D eigenvalue weighted by atomic mass is 10.1. The number of ether oxygens (including phenoxy) is 3. The minimum Gasteiger partial charge on any atom is -0.486 e. The number of fused-ring (bicyclic) bond motifs is 1. The van der Waals surface area contributed by atoms with Gasteiger partial charge in [0.25, 0.3) is 0 Å². The highest BCUT2D eigenvalue weighted by atomic mass is 16.6. The van der Waals surface area contributed by atoms with Crippen LogP contribution in [0.1, 0.15) is 23.9 Å². The number of hydrogen-bond acceptors (Lipinski definition) is 6. The molecule has 0 spiro atoms. The zero-order chi connectivity index (χ0) is 16.5. The van der Waals surface area contributed by atoms with Crippen LogP contribution >= 0.6 is 0 Å².